The molecule has 0 amide bonds. The van der Waals surface area contributed by atoms with E-state index in [4.69, 9.17) is 11.6 Å². The summed E-state index contributed by atoms with van der Waals surface area (Å²) in [6.45, 7) is 6.96. The molecule has 0 spiro atoms. The summed E-state index contributed by atoms with van der Waals surface area (Å²) in [5.41, 5.74) is 0. The molecule has 0 fully saturated rings. The van der Waals surface area contributed by atoms with Crippen LogP contribution in [0.4, 0.5) is 0 Å². The van der Waals surface area contributed by atoms with Gasteiger partial charge in [0, 0.05) is 0 Å². The van der Waals surface area contributed by atoms with Gasteiger partial charge in [-0.05, 0) is 0 Å². The second-order valence-electron chi connectivity index (χ2n) is 2.42. The number of hydrogen-bond donors (Lipinski definition) is 0. The van der Waals surface area contributed by atoms with Gasteiger partial charge in [0.15, 0.2) is 0 Å². The molecule has 0 aromatic heterocycles. The molecule has 3 heteroatoms. The van der Waals surface area contributed by atoms with Crippen LogP contribution in [-0.4, -0.2) is 27.5 Å². The third-order valence-corrected chi connectivity index (χ3v) is 4.16. The Morgan fingerprint density at radius 2 is 2.27 bits per heavy atom. The molecule has 0 heterocycles. The Morgan fingerprint density at radius 1 is 1.64 bits per heavy atom. The number of nitrogens with zero attached hydrogens (tertiary/aromatic N) is 1. The van der Waals surface area contributed by atoms with Crippen LogP contribution < -0.4 is 21.2 Å². The fourth-order valence-corrected chi connectivity index (χ4v) is 2.33. The molecule has 0 atom stereocenters. The number of halogens is 2. The monoisotopic (exact) mass is 288 g/mol. The molecule has 0 radical (unpaired) electrons. The minimum atomic E-state index is 0.409. The summed E-state index contributed by atoms with van der Waals surface area (Å²) >= 11 is 6.05. The zero-order valence-electron chi connectivity index (χ0n) is 7.24. The Labute approximate surface area is 85.1 Å². The average molecular weight is 289 g/mol. The summed E-state index contributed by atoms with van der Waals surface area (Å²) in [7, 11) is 2.15. The van der Waals surface area contributed by atoms with E-state index in [1.807, 2.05) is 0 Å². The van der Waals surface area contributed by atoms with Gasteiger partial charge in [0.1, 0.15) is 0 Å². The first-order valence-electron chi connectivity index (χ1n) is 3.72. The van der Waals surface area contributed by atoms with Crippen molar-refractivity contribution in [3.05, 3.63) is 11.6 Å². The topological polar surface area (TPSA) is 3.24 Å². The molecule has 0 aliphatic heterocycles. The second-order valence-corrected chi connectivity index (χ2v) is 6.24. The van der Waals surface area contributed by atoms with Crippen LogP contribution in [0.2, 0.25) is 0 Å². The van der Waals surface area contributed by atoms with E-state index in [0.29, 0.717) is 21.2 Å². The van der Waals surface area contributed by atoms with E-state index in [1.165, 1.54) is 8.98 Å². The quantitative estimate of drug-likeness (QED) is 0.349. The van der Waals surface area contributed by atoms with Crippen molar-refractivity contribution in [2.45, 2.75) is 13.3 Å². The molecule has 0 aliphatic carbocycles. The van der Waals surface area contributed by atoms with Crippen LogP contribution in [0.5, 0.6) is 0 Å². The zero-order chi connectivity index (χ0) is 8.69. The summed E-state index contributed by atoms with van der Waals surface area (Å²) in [5, 5.41) is 0.770. The van der Waals surface area contributed by atoms with Gasteiger partial charge in [0.25, 0.3) is 0 Å². The molecule has 0 aliphatic rings. The predicted octanol–water partition coefficient (Wildman–Crippen LogP) is -0.873. The van der Waals surface area contributed by atoms with Gasteiger partial charge >= 0.3 is 85.2 Å². The molecule has 68 valence electrons. The normalized spacial score (nSPS) is 10.9. The van der Waals surface area contributed by atoms with E-state index < -0.39 is 0 Å². The maximum absolute atomic E-state index is 5.64. The SMILES string of the molecule is C=C(Cl)CCN(C)C[I-]CC. The predicted molar refractivity (Wildman–Crippen MR) is 47.6 cm³/mol. The third kappa shape index (κ3) is 8.63. The van der Waals surface area contributed by atoms with Gasteiger partial charge in [-0.25, -0.2) is 0 Å². The molecular weight excluding hydrogens is 272 g/mol. The van der Waals surface area contributed by atoms with Crippen molar-refractivity contribution in [1.29, 1.82) is 0 Å². The van der Waals surface area contributed by atoms with Gasteiger partial charge in [-0.1, -0.05) is 0 Å². The van der Waals surface area contributed by atoms with Crippen LogP contribution in [-0.2, 0) is 0 Å². The van der Waals surface area contributed by atoms with Crippen molar-refractivity contribution in [2.24, 2.45) is 0 Å². The van der Waals surface area contributed by atoms with Crippen LogP contribution in [0.15, 0.2) is 11.6 Å². The van der Waals surface area contributed by atoms with Crippen LogP contribution >= 0.6 is 11.6 Å². The summed E-state index contributed by atoms with van der Waals surface area (Å²) in [6.07, 6.45) is 0.922. The van der Waals surface area contributed by atoms with Gasteiger partial charge < -0.3 is 0 Å². The van der Waals surface area contributed by atoms with Gasteiger partial charge in [-0.2, -0.15) is 0 Å². The Hall–Kier alpha value is 0.720. The van der Waals surface area contributed by atoms with Crippen LogP contribution in [0.1, 0.15) is 13.3 Å². The Morgan fingerprint density at radius 3 is 2.73 bits per heavy atom. The molecule has 1 nitrogen and oxygen atoms in total. The number of rotatable bonds is 6. The van der Waals surface area contributed by atoms with E-state index in [1.54, 1.807) is 0 Å². The molecule has 11 heavy (non-hydrogen) atoms. The second kappa shape index (κ2) is 7.37. The summed E-state index contributed by atoms with van der Waals surface area (Å²) in [6, 6.07) is 0. The van der Waals surface area contributed by atoms with Gasteiger partial charge in [-0.3, -0.25) is 0 Å². The van der Waals surface area contributed by atoms with Crippen LogP contribution in [0.3, 0.4) is 0 Å². The van der Waals surface area contributed by atoms with Crippen LogP contribution in [0.25, 0.3) is 0 Å². The summed E-state index contributed by atoms with van der Waals surface area (Å²) in [5.74, 6) is 0. The first-order chi connectivity index (χ1) is 5.16. The minimum absolute atomic E-state index is 0.409. The Balaban J connectivity index is 3.22. The van der Waals surface area contributed by atoms with E-state index in [0.717, 1.165) is 18.0 Å². The van der Waals surface area contributed by atoms with Crippen LogP contribution in [0, 0.1) is 0 Å². The van der Waals surface area contributed by atoms with Gasteiger partial charge in [0.2, 0.25) is 0 Å². The Bertz CT molecular complexity index is 117. The summed E-state index contributed by atoms with van der Waals surface area (Å²) < 4.78 is 2.64. The molecule has 0 aromatic rings. The summed E-state index contributed by atoms with van der Waals surface area (Å²) in [4.78, 5) is 2.34. The van der Waals surface area contributed by atoms with Gasteiger partial charge in [-0.15, -0.1) is 0 Å². The van der Waals surface area contributed by atoms with Crippen molar-refractivity contribution in [1.82, 2.24) is 4.90 Å². The van der Waals surface area contributed by atoms with Crippen molar-refractivity contribution >= 4 is 11.6 Å². The third-order valence-electron chi connectivity index (χ3n) is 1.24. The first kappa shape index (κ1) is 11.7. The average Bonchev–Trinajstić information content (AvgIpc) is 1.97. The molecule has 0 aromatic carbocycles. The Kier molecular flexibility index (Phi) is 7.86. The number of alkyl halides is 2. The van der Waals surface area contributed by atoms with Crippen molar-refractivity contribution < 1.29 is 21.2 Å². The molecule has 0 bridgehead atoms. The molecule has 0 rings (SSSR count). The van der Waals surface area contributed by atoms with E-state index in [9.17, 15) is 0 Å². The fourth-order valence-electron chi connectivity index (χ4n) is 0.601. The standard InChI is InChI=1S/C8H16ClIN/c1-4-10-7-11(3)6-5-8(2)9/h2,4-7H2,1,3H3/q-1. The molecular formula is C8H16ClIN-. The van der Waals surface area contributed by atoms with E-state index in [-0.39, 0.29) is 0 Å². The number of hydrogen-bond acceptors (Lipinski definition) is 1. The molecule has 0 unspecified atom stereocenters. The molecule has 0 N–H and O–H groups in total. The van der Waals surface area contributed by atoms with Crippen molar-refractivity contribution in [3.63, 3.8) is 0 Å². The van der Waals surface area contributed by atoms with Gasteiger partial charge in [0.05, 0.1) is 0 Å². The fraction of sp³-hybridized carbons (Fsp3) is 0.750. The first-order valence-corrected chi connectivity index (χ1v) is 7.15. The molecule has 0 saturated carbocycles. The van der Waals surface area contributed by atoms with Crippen molar-refractivity contribution in [3.8, 4) is 0 Å². The molecule has 0 saturated heterocycles. The van der Waals surface area contributed by atoms with E-state index in [2.05, 4.69) is 25.5 Å². The maximum atomic E-state index is 5.64. The van der Waals surface area contributed by atoms with Crippen molar-refractivity contribution in [2.75, 3.05) is 22.6 Å². The zero-order valence-corrected chi connectivity index (χ0v) is 10.2. The van der Waals surface area contributed by atoms with E-state index >= 15 is 0 Å².